The van der Waals surface area contributed by atoms with E-state index in [1.54, 1.807) is 11.0 Å². The SMILES string of the molecule is CCCCCc1ccc(NC(=O)[C@@H]2Cc3ccccc3CN2C(=O)c2cc(OC(C)C)c(OC)cn2)cc1. The van der Waals surface area contributed by atoms with Crippen molar-refractivity contribution in [2.45, 2.75) is 71.6 Å². The number of aromatic nitrogens is 1. The Bertz CT molecular complexity index is 1260. The number of aryl methyl sites for hydroxylation is 1. The van der Waals surface area contributed by atoms with Crippen molar-refractivity contribution in [2.24, 2.45) is 0 Å². The molecule has 0 saturated heterocycles. The Morgan fingerprint density at radius 1 is 1.05 bits per heavy atom. The fraction of sp³-hybridized carbons (Fsp3) is 0.387. The summed E-state index contributed by atoms with van der Waals surface area (Å²) in [6.07, 6.45) is 6.39. The van der Waals surface area contributed by atoms with Crippen LogP contribution in [-0.4, -0.2) is 41.0 Å². The predicted octanol–water partition coefficient (Wildman–Crippen LogP) is 5.82. The van der Waals surface area contributed by atoms with E-state index in [0.29, 0.717) is 24.5 Å². The summed E-state index contributed by atoms with van der Waals surface area (Å²) in [4.78, 5) is 33.3. The molecule has 0 aliphatic carbocycles. The van der Waals surface area contributed by atoms with Gasteiger partial charge < -0.3 is 19.7 Å². The zero-order chi connectivity index (χ0) is 27.1. The molecule has 2 heterocycles. The second-order valence-electron chi connectivity index (χ2n) is 9.95. The van der Waals surface area contributed by atoms with E-state index in [0.717, 1.165) is 29.7 Å². The molecule has 2 aromatic carbocycles. The van der Waals surface area contributed by atoms with Gasteiger partial charge in [-0.1, -0.05) is 56.2 Å². The smallest absolute Gasteiger partial charge is 0.273 e. The Morgan fingerprint density at radius 3 is 2.47 bits per heavy atom. The molecule has 1 atom stereocenters. The molecule has 1 aromatic heterocycles. The maximum Gasteiger partial charge on any atom is 0.273 e. The minimum absolute atomic E-state index is 0.104. The molecule has 38 heavy (non-hydrogen) atoms. The van der Waals surface area contributed by atoms with Crippen LogP contribution in [-0.2, 0) is 24.2 Å². The predicted molar refractivity (Wildman–Crippen MR) is 149 cm³/mol. The van der Waals surface area contributed by atoms with Crippen molar-refractivity contribution >= 4 is 17.5 Å². The van der Waals surface area contributed by atoms with Crippen molar-refractivity contribution in [3.05, 3.63) is 83.2 Å². The number of benzene rings is 2. The van der Waals surface area contributed by atoms with Crippen LogP contribution in [0.25, 0.3) is 0 Å². The molecule has 3 aromatic rings. The molecule has 1 aliphatic rings. The van der Waals surface area contributed by atoms with Gasteiger partial charge in [-0.2, -0.15) is 0 Å². The zero-order valence-corrected chi connectivity index (χ0v) is 22.7. The lowest BCUT2D eigenvalue weighted by Crippen LogP contribution is -2.50. The average molecular weight is 516 g/mol. The Hall–Kier alpha value is -3.87. The number of methoxy groups -OCH3 is 1. The topological polar surface area (TPSA) is 80.8 Å². The molecule has 0 radical (unpaired) electrons. The molecule has 2 amide bonds. The lowest BCUT2D eigenvalue weighted by atomic mass is 9.93. The van der Waals surface area contributed by atoms with E-state index in [1.165, 1.54) is 31.7 Å². The van der Waals surface area contributed by atoms with Crippen LogP contribution < -0.4 is 14.8 Å². The summed E-state index contributed by atoms with van der Waals surface area (Å²) in [6, 6.07) is 16.8. The van der Waals surface area contributed by atoms with Crippen molar-refractivity contribution in [3.8, 4) is 11.5 Å². The molecule has 0 bridgehead atoms. The van der Waals surface area contributed by atoms with Crippen molar-refractivity contribution < 1.29 is 19.1 Å². The highest BCUT2D eigenvalue weighted by Crippen LogP contribution is 2.30. The fourth-order valence-electron chi connectivity index (χ4n) is 4.72. The van der Waals surface area contributed by atoms with Gasteiger partial charge in [-0.15, -0.1) is 0 Å². The summed E-state index contributed by atoms with van der Waals surface area (Å²) in [5, 5.41) is 3.03. The first-order valence-electron chi connectivity index (χ1n) is 13.4. The number of rotatable bonds is 10. The lowest BCUT2D eigenvalue weighted by molar-refractivity contribution is -0.121. The minimum atomic E-state index is -0.681. The Balaban J connectivity index is 1.57. The molecular formula is C31H37N3O4. The lowest BCUT2D eigenvalue weighted by Gasteiger charge is -2.36. The molecule has 0 unspecified atom stereocenters. The highest BCUT2D eigenvalue weighted by atomic mass is 16.5. The quantitative estimate of drug-likeness (QED) is 0.344. The van der Waals surface area contributed by atoms with Gasteiger partial charge in [-0.25, -0.2) is 4.98 Å². The zero-order valence-electron chi connectivity index (χ0n) is 22.7. The number of amides is 2. The number of hydrogen-bond donors (Lipinski definition) is 1. The molecule has 4 rings (SSSR count). The first-order chi connectivity index (χ1) is 18.4. The Labute approximate surface area is 225 Å². The number of carbonyl (C=O) groups is 2. The third-order valence-electron chi connectivity index (χ3n) is 6.74. The molecule has 1 N–H and O–H groups in total. The van der Waals surface area contributed by atoms with Crippen molar-refractivity contribution in [1.29, 1.82) is 0 Å². The monoisotopic (exact) mass is 515 g/mol. The van der Waals surface area contributed by atoms with Crippen molar-refractivity contribution in [3.63, 3.8) is 0 Å². The number of nitrogens with zero attached hydrogens (tertiary/aromatic N) is 2. The van der Waals surface area contributed by atoms with Crippen LogP contribution in [0.1, 0.15) is 67.2 Å². The Morgan fingerprint density at radius 2 is 1.79 bits per heavy atom. The van der Waals surface area contributed by atoms with Gasteiger partial charge in [0.2, 0.25) is 5.91 Å². The normalized spacial score (nSPS) is 14.7. The van der Waals surface area contributed by atoms with Gasteiger partial charge >= 0.3 is 0 Å². The van der Waals surface area contributed by atoms with Crippen LogP contribution in [0.15, 0.2) is 60.8 Å². The molecule has 7 heteroatoms. The number of fused-ring (bicyclic) bond motifs is 1. The molecule has 0 fully saturated rings. The van der Waals surface area contributed by atoms with E-state index in [9.17, 15) is 9.59 Å². The summed E-state index contributed by atoms with van der Waals surface area (Å²) in [5.41, 5.74) is 4.26. The van der Waals surface area contributed by atoms with Crippen LogP contribution in [0.5, 0.6) is 11.5 Å². The second-order valence-corrected chi connectivity index (χ2v) is 9.95. The third kappa shape index (κ3) is 6.52. The summed E-state index contributed by atoms with van der Waals surface area (Å²) in [6.45, 7) is 6.32. The van der Waals surface area contributed by atoms with Crippen molar-refractivity contribution in [2.75, 3.05) is 12.4 Å². The van der Waals surface area contributed by atoms with E-state index < -0.39 is 6.04 Å². The van der Waals surface area contributed by atoms with Crippen LogP contribution in [0.3, 0.4) is 0 Å². The number of ether oxygens (including phenoxy) is 2. The number of hydrogen-bond acceptors (Lipinski definition) is 5. The summed E-state index contributed by atoms with van der Waals surface area (Å²) in [5.74, 6) is 0.339. The fourth-order valence-corrected chi connectivity index (χ4v) is 4.72. The molecule has 0 saturated carbocycles. The van der Waals surface area contributed by atoms with E-state index in [2.05, 4.69) is 29.4 Å². The van der Waals surface area contributed by atoms with Crippen LogP contribution in [0.2, 0.25) is 0 Å². The Kier molecular flexibility index (Phi) is 9.00. The summed E-state index contributed by atoms with van der Waals surface area (Å²) >= 11 is 0. The highest BCUT2D eigenvalue weighted by molar-refractivity contribution is 6.01. The molecule has 7 nitrogen and oxygen atoms in total. The third-order valence-corrected chi connectivity index (χ3v) is 6.74. The van der Waals surface area contributed by atoms with Gasteiger partial charge in [0, 0.05) is 24.7 Å². The van der Waals surface area contributed by atoms with E-state index in [-0.39, 0.29) is 23.6 Å². The van der Waals surface area contributed by atoms with Gasteiger partial charge in [0.05, 0.1) is 19.4 Å². The number of carbonyl (C=O) groups excluding carboxylic acids is 2. The number of anilines is 1. The van der Waals surface area contributed by atoms with Crippen LogP contribution in [0.4, 0.5) is 5.69 Å². The molecular weight excluding hydrogens is 478 g/mol. The number of unbranched alkanes of at least 4 members (excludes halogenated alkanes) is 2. The largest absolute Gasteiger partial charge is 0.491 e. The van der Waals surface area contributed by atoms with Crippen LogP contribution in [0, 0.1) is 0 Å². The molecule has 200 valence electrons. The molecule has 0 spiro atoms. The first-order valence-corrected chi connectivity index (χ1v) is 13.4. The summed E-state index contributed by atoms with van der Waals surface area (Å²) < 4.78 is 11.2. The molecule has 1 aliphatic heterocycles. The number of nitrogens with one attached hydrogen (secondary N) is 1. The van der Waals surface area contributed by atoms with E-state index in [4.69, 9.17) is 9.47 Å². The van der Waals surface area contributed by atoms with Crippen LogP contribution >= 0.6 is 0 Å². The van der Waals surface area contributed by atoms with Gasteiger partial charge in [-0.3, -0.25) is 9.59 Å². The number of pyridine rings is 1. The van der Waals surface area contributed by atoms with Gasteiger partial charge in [0.1, 0.15) is 11.7 Å². The highest BCUT2D eigenvalue weighted by Gasteiger charge is 2.36. The van der Waals surface area contributed by atoms with Gasteiger partial charge in [-0.05, 0) is 55.5 Å². The maximum absolute atomic E-state index is 13.8. The standard InChI is InChI=1S/C31H37N3O4/c1-5-6-7-10-22-13-15-25(16-14-22)33-30(35)27-17-23-11-8-9-12-24(23)20-34(27)31(36)26-18-28(38-21(2)3)29(37-4)19-32-26/h8-9,11-16,18-19,21,27H,5-7,10,17,20H2,1-4H3,(H,33,35)/t27-/m0/s1. The second kappa shape index (κ2) is 12.6. The van der Waals surface area contributed by atoms with Gasteiger partial charge in [0.25, 0.3) is 5.91 Å². The minimum Gasteiger partial charge on any atom is -0.491 e. The first kappa shape index (κ1) is 27.2. The summed E-state index contributed by atoms with van der Waals surface area (Å²) in [7, 11) is 1.53. The van der Waals surface area contributed by atoms with E-state index >= 15 is 0 Å². The maximum atomic E-state index is 13.8. The average Bonchev–Trinajstić information content (AvgIpc) is 2.92. The van der Waals surface area contributed by atoms with Crippen molar-refractivity contribution in [1.82, 2.24) is 9.88 Å². The van der Waals surface area contributed by atoms with Gasteiger partial charge in [0.15, 0.2) is 11.5 Å². The van der Waals surface area contributed by atoms with E-state index in [1.807, 2.05) is 50.2 Å².